The van der Waals surface area contributed by atoms with Gasteiger partial charge in [-0.3, -0.25) is 15.6 Å². The molecule has 76 valence electrons. The highest BCUT2D eigenvalue weighted by atomic mass is 16.1. The van der Waals surface area contributed by atoms with Crippen molar-refractivity contribution in [2.75, 3.05) is 0 Å². The molecule has 2 N–H and O–H groups in total. The second kappa shape index (κ2) is 3.91. The van der Waals surface area contributed by atoms with Crippen LogP contribution in [0.15, 0.2) is 40.5 Å². The van der Waals surface area contributed by atoms with Crippen molar-refractivity contribution in [1.82, 2.24) is 10.9 Å². The number of Topliss-reactive ketones (excluding diaryl/α,β-unsaturated/α-hetero) is 1. The number of hydrazone groups is 2. The Morgan fingerprint density at radius 1 is 1.13 bits per heavy atom. The van der Waals surface area contributed by atoms with Gasteiger partial charge in [0.25, 0.3) is 0 Å². The lowest BCUT2D eigenvalue weighted by Gasteiger charge is -2.12. The molecule has 5 heteroatoms. The molecule has 1 aliphatic rings. The zero-order chi connectivity index (χ0) is 10.7. The summed E-state index contributed by atoms with van der Waals surface area (Å²) in [5.74, 6) is 0.661. The molecule has 0 spiro atoms. The van der Waals surface area contributed by atoms with Gasteiger partial charge in [0, 0.05) is 12.5 Å². The Hall–Kier alpha value is -2.17. The number of benzene rings is 1. The first-order valence-electron chi connectivity index (χ1n) is 4.51. The monoisotopic (exact) mass is 202 g/mol. The Balaban J connectivity index is 2.15. The Bertz CT molecular complexity index is 436. The molecule has 0 aliphatic carbocycles. The minimum Gasteiger partial charge on any atom is -0.291 e. The van der Waals surface area contributed by atoms with Crippen molar-refractivity contribution in [2.24, 2.45) is 10.2 Å². The minimum atomic E-state index is -0.154. The number of rotatable bonds is 2. The van der Waals surface area contributed by atoms with E-state index in [-0.39, 0.29) is 11.6 Å². The van der Waals surface area contributed by atoms with Gasteiger partial charge >= 0.3 is 0 Å². The Morgan fingerprint density at radius 2 is 1.87 bits per heavy atom. The molecule has 5 nitrogen and oxygen atoms in total. The van der Waals surface area contributed by atoms with E-state index < -0.39 is 0 Å². The Morgan fingerprint density at radius 3 is 2.40 bits per heavy atom. The summed E-state index contributed by atoms with van der Waals surface area (Å²) >= 11 is 0. The number of hydrogen-bond acceptors (Lipinski definition) is 5. The zero-order valence-electron chi connectivity index (χ0n) is 8.19. The van der Waals surface area contributed by atoms with Crippen molar-refractivity contribution < 1.29 is 4.79 Å². The van der Waals surface area contributed by atoms with E-state index in [0.29, 0.717) is 5.84 Å². The molecule has 0 unspecified atom stereocenters. The SMILES string of the molecule is CC(=O)C1=NNC(c2ccccc2)=NN1. The summed E-state index contributed by atoms with van der Waals surface area (Å²) in [5, 5.41) is 7.87. The summed E-state index contributed by atoms with van der Waals surface area (Å²) in [6.07, 6.45) is 0. The lowest BCUT2D eigenvalue weighted by Crippen LogP contribution is -2.37. The topological polar surface area (TPSA) is 65.8 Å². The van der Waals surface area contributed by atoms with E-state index in [0.717, 1.165) is 5.56 Å². The molecule has 1 heterocycles. The predicted molar refractivity (Wildman–Crippen MR) is 57.4 cm³/mol. The van der Waals surface area contributed by atoms with Crippen LogP contribution in [0.3, 0.4) is 0 Å². The third-order valence-electron chi connectivity index (χ3n) is 1.93. The number of nitrogens with one attached hydrogen (secondary N) is 2. The van der Waals surface area contributed by atoms with Gasteiger partial charge in [0.05, 0.1) is 0 Å². The third-order valence-corrected chi connectivity index (χ3v) is 1.93. The highest BCUT2D eigenvalue weighted by Gasteiger charge is 2.11. The van der Waals surface area contributed by atoms with Gasteiger partial charge in [0.2, 0.25) is 5.84 Å². The highest BCUT2D eigenvalue weighted by Crippen LogP contribution is 2.00. The molecule has 2 rings (SSSR count). The first-order valence-corrected chi connectivity index (χ1v) is 4.51. The third kappa shape index (κ3) is 2.01. The van der Waals surface area contributed by atoms with Crippen molar-refractivity contribution in [3.05, 3.63) is 35.9 Å². The fourth-order valence-electron chi connectivity index (χ4n) is 1.15. The fraction of sp³-hybridized carbons (Fsp3) is 0.100. The van der Waals surface area contributed by atoms with Crippen molar-refractivity contribution in [3.8, 4) is 0 Å². The summed E-state index contributed by atoms with van der Waals surface area (Å²) in [6.45, 7) is 1.43. The van der Waals surface area contributed by atoms with Crippen LogP contribution in [-0.2, 0) is 4.79 Å². The maximum Gasteiger partial charge on any atom is 0.209 e. The summed E-state index contributed by atoms with van der Waals surface area (Å²) in [4.78, 5) is 10.9. The first kappa shape index (κ1) is 9.39. The van der Waals surface area contributed by atoms with Crippen LogP contribution in [-0.4, -0.2) is 17.5 Å². The highest BCUT2D eigenvalue weighted by molar-refractivity contribution is 6.38. The molecule has 1 aromatic rings. The Kier molecular flexibility index (Phi) is 2.45. The Labute approximate surface area is 86.9 Å². The van der Waals surface area contributed by atoms with Crippen molar-refractivity contribution >= 4 is 17.5 Å². The normalized spacial score (nSPS) is 14.5. The molecule has 0 saturated heterocycles. The number of ketones is 1. The lowest BCUT2D eigenvalue weighted by atomic mass is 10.2. The van der Waals surface area contributed by atoms with Crippen molar-refractivity contribution in [3.63, 3.8) is 0 Å². The van der Waals surface area contributed by atoms with Crippen LogP contribution in [0.2, 0.25) is 0 Å². The van der Waals surface area contributed by atoms with Crippen LogP contribution < -0.4 is 10.9 Å². The summed E-state index contributed by atoms with van der Waals surface area (Å²) in [6, 6.07) is 9.54. The zero-order valence-corrected chi connectivity index (χ0v) is 8.19. The summed E-state index contributed by atoms with van der Waals surface area (Å²) < 4.78 is 0. The van der Waals surface area contributed by atoms with Gasteiger partial charge in [0.15, 0.2) is 11.6 Å². The number of nitrogens with zero attached hydrogens (tertiary/aromatic N) is 2. The van der Waals surface area contributed by atoms with Crippen LogP contribution in [0.5, 0.6) is 0 Å². The maximum absolute atomic E-state index is 10.9. The standard InChI is InChI=1S/C10H10N4O/c1-7(15)9-11-13-10(14-12-9)8-5-3-2-4-6-8/h2-6H,1H3,(H,11,12)(H,13,14). The number of amidine groups is 2. The van der Waals surface area contributed by atoms with Gasteiger partial charge in [0.1, 0.15) is 0 Å². The first-order chi connectivity index (χ1) is 7.27. The maximum atomic E-state index is 10.9. The van der Waals surface area contributed by atoms with E-state index in [1.54, 1.807) is 0 Å². The average molecular weight is 202 g/mol. The molecule has 0 aromatic heterocycles. The molecule has 1 aliphatic heterocycles. The van der Waals surface area contributed by atoms with Crippen LogP contribution in [0.25, 0.3) is 0 Å². The largest absolute Gasteiger partial charge is 0.291 e. The van der Waals surface area contributed by atoms with Gasteiger partial charge in [-0.15, -0.1) is 0 Å². The van der Waals surface area contributed by atoms with Crippen molar-refractivity contribution in [1.29, 1.82) is 0 Å². The minimum absolute atomic E-state index is 0.154. The molecule has 15 heavy (non-hydrogen) atoms. The number of carbonyl (C=O) groups excluding carboxylic acids is 1. The second-order valence-corrected chi connectivity index (χ2v) is 3.07. The van der Waals surface area contributed by atoms with Gasteiger partial charge < -0.3 is 0 Å². The molecule has 0 bridgehead atoms. The number of hydrogen-bond donors (Lipinski definition) is 2. The van der Waals surface area contributed by atoms with E-state index in [9.17, 15) is 4.79 Å². The van der Waals surface area contributed by atoms with Gasteiger partial charge in [-0.25, -0.2) is 0 Å². The fourth-order valence-corrected chi connectivity index (χ4v) is 1.15. The van der Waals surface area contributed by atoms with E-state index in [4.69, 9.17) is 0 Å². The summed E-state index contributed by atoms with van der Waals surface area (Å²) in [5.41, 5.74) is 6.23. The lowest BCUT2D eigenvalue weighted by molar-refractivity contribution is -0.111. The van der Waals surface area contributed by atoms with Gasteiger partial charge in [-0.2, -0.15) is 10.2 Å². The van der Waals surface area contributed by atoms with Crippen LogP contribution >= 0.6 is 0 Å². The molecule has 0 fully saturated rings. The quantitative estimate of drug-likeness (QED) is 0.731. The molecule has 1 aromatic carbocycles. The van der Waals surface area contributed by atoms with E-state index in [1.165, 1.54) is 6.92 Å². The van der Waals surface area contributed by atoms with Gasteiger partial charge in [-0.05, 0) is 0 Å². The van der Waals surface area contributed by atoms with Crippen LogP contribution in [0.4, 0.5) is 0 Å². The molecule has 0 atom stereocenters. The predicted octanol–water partition coefficient (Wildman–Crippen LogP) is 0.443. The second-order valence-electron chi connectivity index (χ2n) is 3.07. The smallest absolute Gasteiger partial charge is 0.209 e. The molecule has 0 saturated carbocycles. The van der Waals surface area contributed by atoms with E-state index in [1.807, 2.05) is 30.3 Å². The van der Waals surface area contributed by atoms with Crippen molar-refractivity contribution in [2.45, 2.75) is 6.92 Å². The molecule has 0 radical (unpaired) electrons. The van der Waals surface area contributed by atoms with Crippen LogP contribution in [0, 0.1) is 0 Å². The van der Waals surface area contributed by atoms with E-state index in [2.05, 4.69) is 21.1 Å². The number of carbonyl (C=O) groups is 1. The molecular weight excluding hydrogens is 192 g/mol. The van der Waals surface area contributed by atoms with Crippen LogP contribution in [0.1, 0.15) is 12.5 Å². The summed E-state index contributed by atoms with van der Waals surface area (Å²) in [7, 11) is 0. The molecule has 0 amide bonds. The molecular formula is C10H10N4O. The van der Waals surface area contributed by atoms with E-state index >= 15 is 0 Å². The average Bonchev–Trinajstić information content (AvgIpc) is 2.30. The van der Waals surface area contributed by atoms with Gasteiger partial charge in [-0.1, -0.05) is 30.3 Å².